The maximum Gasteiger partial charge on any atom is 0.339 e. The fraction of sp³-hybridized carbons (Fsp3) is 0.440. The standard InChI is InChI=1S/C25H31FN4O4/c1-3-30(24(32)19-14-18(26)10-11-20(19)27)21(13-16-7-5-4-6-8-16)23(31)29-22-12-9-17(15-28-22)25(33)34-2/h9-12,14-16,21H,3-8,13,27H2,1-2H3,(H,28,29,31)/t21-/m0/s1. The predicted molar refractivity (Wildman–Crippen MR) is 127 cm³/mol. The number of rotatable bonds is 8. The van der Waals surface area contributed by atoms with Crippen LogP contribution in [0.5, 0.6) is 0 Å². The summed E-state index contributed by atoms with van der Waals surface area (Å²) in [5, 5.41) is 2.76. The molecule has 0 bridgehead atoms. The van der Waals surface area contributed by atoms with Crippen LogP contribution >= 0.6 is 0 Å². The van der Waals surface area contributed by atoms with Gasteiger partial charge in [0.05, 0.1) is 18.2 Å². The summed E-state index contributed by atoms with van der Waals surface area (Å²) in [5.74, 6) is -1.45. The Morgan fingerprint density at radius 2 is 1.94 bits per heavy atom. The van der Waals surface area contributed by atoms with E-state index in [1.807, 2.05) is 0 Å². The number of pyridine rings is 1. The van der Waals surface area contributed by atoms with E-state index in [9.17, 15) is 18.8 Å². The van der Waals surface area contributed by atoms with Gasteiger partial charge in [0.2, 0.25) is 5.91 Å². The predicted octanol–water partition coefficient (Wildman–Crippen LogP) is 4.03. The van der Waals surface area contributed by atoms with Crippen molar-refractivity contribution >= 4 is 29.3 Å². The molecule has 182 valence electrons. The maximum atomic E-state index is 13.9. The molecular formula is C25H31FN4O4. The molecule has 8 nitrogen and oxygen atoms in total. The Morgan fingerprint density at radius 3 is 2.56 bits per heavy atom. The Bertz CT molecular complexity index is 1020. The number of esters is 1. The summed E-state index contributed by atoms with van der Waals surface area (Å²) < 4.78 is 18.5. The fourth-order valence-corrected chi connectivity index (χ4v) is 4.40. The number of carbonyl (C=O) groups excluding carboxylic acids is 3. The van der Waals surface area contributed by atoms with Gasteiger partial charge in [-0.3, -0.25) is 9.59 Å². The van der Waals surface area contributed by atoms with E-state index < -0.39 is 29.6 Å². The monoisotopic (exact) mass is 470 g/mol. The molecule has 0 aliphatic heterocycles. The van der Waals surface area contributed by atoms with Crippen molar-refractivity contribution < 1.29 is 23.5 Å². The highest BCUT2D eigenvalue weighted by atomic mass is 19.1. The fourth-order valence-electron chi connectivity index (χ4n) is 4.40. The van der Waals surface area contributed by atoms with Crippen LogP contribution in [0.4, 0.5) is 15.9 Å². The second-order valence-corrected chi connectivity index (χ2v) is 8.49. The van der Waals surface area contributed by atoms with Gasteiger partial charge in [-0.05, 0) is 49.6 Å². The Balaban J connectivity index is 1.86. The molecule has 9 heteroatoms. The molecule has 34 heavy (non-hydrogen) atoms. The minimum Gasteiger partial charge on any atom is -0.465 e. The molecule has 2 amide bonds. The van der Waals surface area contributed by atoms with Gasteiger partial charge in [0.25, 0.3) is 5.91 Å². The Kier molecular flexibility index (Phi) is 8.56. The molecule has 1 aromatic carbocycles. The quantitative estimate of drug-likeness (QED) is 0.445. The number of hydrogen-bond donors (Lipinski definition) is 2. The number of aromatic nitrogens is 1. The summed E-state index contributed by atoms with van der Waals surface area (Å²) in [5.41, 5.74) is 6.40. The number of anilines is 2. The van der Waals surface area contributed by atoms with Gasteiger partial charge in [0.15, 0.2) is 0 Å². The number of benzene rings is 1. The van der Waals surface area contributed by atoms with Crippen molar-refractivity contribution in [3.63, 3.8) is 0 Å². The third-order valence-corrected chi connectivity index (χ3v) is 6.24. The lowest BCUT2D eigenvalue weighted by Gasteiger charge is -2.34. The number of likely N-dealkylation sites (N-methyl/N-ethyl adjacent to an activating group) is 1. The third kappa shape index (κ3) is 6.09. The number of nitrogen functional groups attached to an aromatic ring is 1. The zero-order chi connectivity index (χ0) is 24.7. The Labute approximate surface area is 198 Å². The largest absolute Gasteiger partial charge is 0.465 e. The summed E-state index contributed by atoms with van der Waals surface area (Å²) >= 11 is 0. The van der Waals surface area contributed by atoms with Crippen LogP contribution in [0.2, 0.25) is 0 Å². The number of ether oxygens (including phenoxy) is 1. The summed E-state index contributed by atoms with van der Waals surface area (Å²) in [4.78, 5) is 44.0. The van der Waals surface area contributed by atoms with Crippen LogP contribution in [-0.4, -0.2) is 47.4 Å². The van der Waals surface area contributed by atoms with Crippen LogP contribution in [0.1, 0.15) is 66.2 Å². The van der Waals surface area contributed by atoms with Crippen LogP contribution in [0.3, 0.4) is 0 Å². The zero-order valence-corrected chi connectivity index (χ0v) is 19.6. The van der Waals surface area contributed by atoms with Gasteiger partial charge in [-0.2, -0.15) is 0 Å². The number of carbonyl (C=O) groups is 3. The highest BCUT2D eigenvalue weighted by molar-refractivity contribution is 6.03. The molecule has 1 heterocycles. The smallest absolute Gasteiger partial charge is 0.339 e. The Hall–Kier alpha value is -3.49. The minimum absolute atomic E-state index is 0.0313. The molecule has 3 N–H and O–H groups in total. The van der Waals surface area contributed by atoms with Gasteiger partial charge in [-0.25, -0.2) is 14.2 Å². The lowest BCUT2D eigenvalue weighted by atomic mass is 9.84. The second kappa shape index (κ2) is 11.6. The van der Waals surface area contributed by atoms with E-state index in [2.05, 4.69) is 15.0 Å². The number of hydrogen-bond acceptors (Lipinski definition) is 6. The van der Waals surface area contributed by atoms with Gasteiger partial charge in [0.1, 0.15) is 17.7 Å². The average molecular weight is 471 g/mol. The Morgan fingerprint density at radius 1 is 1.21 bits per heavy atom. The zero-order valence-electron chi connectivity index (χ0n) is 19.6. The number of nitrogens with one attached hydrogen (secondary N) is 1. The first-order valence-corrected chi connectivity index (χ1v) is 11.5. The SMILES string of the molecule is CCN(C(=O)c1cc(F)ccc1N)[C@@H](CC1CCCCC1)C(=O)Nc1ccc(C(=O)OC)cn1. The number of nitrogens with two attached hydrogens (primary N) is 1. The molecule has 3 rings (SSSR count). The van der Waals surface area contributed by atoms with Crippen LogP contribution in [0, 0.1) is 11.7 Å². The van der Waals surface area contributed by atoms with Gasteiger partial charge in [-0.15, -0.1) is 0 Å². The van der Waals surface area contributed by atoms with E-state index in [0.29, 0.717) is 12.3 Å². The van der Waals surface area contributed by atoms with Crippen LogP contribution in [0.15, 0.2) is 36.5 Å². The minimum atomic E-state index is -0.787. The molecule has 0 radical (unpaired) electrons. The van der Waals surface area contributed by atoms with Crippen molar-refractivity contribution in [3.05, 3.63) is 53.5 Å². The van der Waals surface area contributed by atoms with Crippen molar-refractivity contribution in [2.45, 2.75) is 51.5 Å². The molecular weight excluding hydrogens is 439 g/mol. The molecule has 2 aromatic rings. The first-order valence-electron chi connectivity index (χ1n) is 11.5. The highest BCUT2D eigenvalue weighted by Gasteiger charge is 2.33. The van der Waals surface area contributed by atoms with E-state index in [0.717, 1.165) is 31.7 Å². The lowest BCUT2D eigenvalue weighted by Crippen LogP contribution is -2.48. The third-order valence-electron chi connectivity index (χ3n) is 6.24. The summed E-state index contributed by atoms with van der Waals surface area (Å²) in [6.07, 6.45) is 7.13. The van der Waals surface area contributed by atoms with Crippen molar-refractivity contribution in [2.75, 3.05) is 24.7 Å². The summed E-state index contributed by atoms with van der Waals surface area (Å²) in [6, 6.07) is 5.86. The van der Waals surface area contributed by atoms with Crippen molar-refractivity contribution in [1.82, 2.24) is 9.88 Å². The normalized spacial score (nSPS) is 14.8. The van der Waals surface area contributed by atoms with Crippen LogP contribution < -0.4 is 11.1 Å². The molecule has 1 fully saturated rings. The summed E-state index contributed by atoms with van der Waals surface area (Å²) in [7, 11) is 1.27. The lowest BCUT2D eigenvalue weighted by molar-refractivity contribution is -0.121. The topological polar surface area (TPSA) is 115 Å². The molecule has 1 atom stereocenters. The first-order chi connectivity index (χ1) is 16.3. The van der Waals surface area contributed by atoms with Gasteiger partial charge in [-0.1, -0.05) is 32.1 Å². The molecule has 0 spiro atoms. The van der Waals surface area contributed by atoms with E-state index in [1.165, 1.54) is 48.9 Å². The van der Waals surface area contributed by atoms with E-state index in [-0.39, 0.29) is 29.2 Å². The number of methoxy groups -OCH3 is 1. The van der Waals surface area contributed by atoms with Crippen molar-refractivity contribution in [1.29, 1.82) is 0 Å². The maximum absolute atomic E-state index is 13.9. The molecule has 1 aromatic heterocycles. The second-order valence-electron chi connectivity index (χ2n) is 8.49. The van der Waals surface area contributed by atoms with Gasteiger partial charge >= 0.3 is 5.97 Å². The van der Waals surface area contributed by atoms with Crippen molar-refractivity contribution in [3.8, 4) is 0 Å². The van der Waals surface area contributed by atoms with Gasteiger partial charge in [0, 0.05) is 18.4 Å². The number of nitrogens with zero attached hydrogens (tertiary/aromatic N) is 2. The first kappa shape index (κ1) is 25.1. The average Bonchev–Trinajstić information content (AvgIpc) is 2.85. The number of halogens is 1. The van der Waals surface area contributed by atoms with Crippen LogP contribution in [0.25, 0.3) is 0 Å². The molecule has 1 aliphatic rings. The molecule has 0 unspecified atom stereocenters. The molecule has 1 aliphatic carbocycles. The van der Waals surface area contributed by atoms with Crippen molar-refractivity contribution in [2.24, 2.45) is 5.92 Å². The molecule has 1 saturated carbocycles. The number of amides is 2. The van der Waals surface area contributed by atoms with E-state index in [1.54, 1.807) is 6.92 Å². The summed E-state index contributed by atoms with van der Waals surface area (Å²) in [6.45, 7) is 2.02. The van der Waals surface area contributed by atoms with E-state index >= 15 is 0 Å². The van der Waals surface area contributed by atoms with E-state index in [4.69, 9.17) is 5.73 Å². The van der Waals surface area contributed by atoms with Crippen LogP contribution in [-0.2, 0) is 9.53 Å². The highest BCUT2D eigenvalue weighted by Crippen LogP contribution is 2.30. The van der Waals surface area contributed by atoms with Gasteiger partial charge < -0.3 is 20.7 Å². The molecule has 0 saturated heterocycles.